The van der Waals surface area contributed by atoms with Gasteiger partial charge in [-0.2, -0.15) is 0 Å². The molecule has 0 N–H and O–H groups in total. The van der Waals surface area contributed by atoms with E-state index in [1.54, 1.807) is 14.2 Å². The van der Waals surface area contributed by atoms with Gasteiger partial charge in [0.05, 0.1) is 20.8 Å². The van der Waals surface area contributed by atoms with E-state index in [4.69, 9.17) is 9.47 Å². The maximum absolute atomic E-state index is 5.77. The van der Waals surface area contributed by atoms with Gasteiger partial charge >= 0.3 is 0 Å². The van der Waals surface area contributed by atoms with E-state index in [1.165, 1.54) is 0 Å². The predicted molar refractivity (Wildman–Crippen MR) is 123 cm³/mol. The van der Waals surface area contributed by atoms with E-state index in [2.05, 4.69) is 50.1 Å². The second-order valence-electron chi connectivity index (χ2n) is 7.82. The van der Waals surface area contributed by atoms with E-state index in [0.29, 0.717) is 6.54 Å². The van der Waals surface area contributed by atoms with Crippen LogP contribution >= 0.6 is 0 Å². The van der Waals surface area contributed by atoms with Crippen LogP contribution in [0.1, 0.15) is 23.0 Å². The highest BCUT2D eigenvalue weighted by atomic mass is 16.5. The minimum atomic E-state index is -0.138. The lowest BCUT2D eigenvalue weighted by molar-refractivity contribution is 0.111. The van der Waals surface area contributed by atoms with E-state index < -0.39 is 0 Å². The topological polar surface area (TPSA) is 68.5 Å². The van der Waals surface area contributed by atoms with Gasteiger partial charge in [-0.25, -0.2) is 4.68 Å². The summed E-state index contributed by atoms with van der Waals surface area (Å²) in [4.78, 5) is 4.83. The molecule has 1 saturated heterocycles. The third-order valence-corrected chi connectivity index (χ3v) is 5.87. The van der Waals surface area contributed by atoms with Crippen LogP contribution in [0.5, 0.6) is 11.5 Å². The lowest BCUT2D eigenvalue weighted by atomic mass is 10.0. The number of benzene rings is 2. The van der Waals surface area contributed by atoms with Crippen LogP contribution in [0.4, 0.5) is 0 Å². The van der Waals surface area contributed by atoms with Crippen molar-refractivity contribution in [2.24, 2.45) is 0 Å². The first-order chi connectivity index (χ1) is 15.7. The molecule has 8 heteroatoms. The normalized spacial score (nSPS) is 15.9. The Hall–Kier alpha value is -3.23. The Labute approximate surface area is 189 Å². The molecule has 1 aliphatic rings. The van der Waals surface area contributed by atoms with Crippen molar-refractivity contribution in [3.63, 3.8) is 0 Å². The Kier molecular flexibility index (Phi) is 7.14. The van der Waals surface area contributed by atoms with Gasteiger partial charge in [0.25, 0.3) is 0 Å². The molecule has 0 saturated carbocycles. The molecule has 1 fully saturated rings. The van der Waals surface area contributed by atoms with Gasteiger partial charge in [0.1, 0.15) is 17.5 Å². The third-order valence-electron chi connectivity index (χ3n) is 5.87. The molecule has 0 radical (unpaired) electrons. The summed E-state index contributed by atoms with van der Waals surface area (Å²) in [5.74, 6) is 2.32. The van der Waals surface area contributed by atoms with Gasteiger partial charge in [0.2, 0.25) is 0 Å². The Morgan fingerprint density at radius 1 is 1.03 bits per heavy atom. The number of ether oxygens (including phenoxy) is 2. The zero-order valence-electron chi connectivity index (χ0n) is 18.7. The first-order valence-electron chi connectivity index (χ1n) is 10.8. The summed E-state index contributed by atoms with van der Waals surface area (Å²) in [6, 6.07) is 16.0. The van der Waals surface area contributed by atoms with Crippen molar-refractivity contribution in [1.29, 1.82) is 0 Å². The molecular weight excluding hydrogens is 404 g/mol. The van der Waals surface area contributed by atoms with Crippen molar-refractivity contribution in [2.45, 2.75) is 12.6 Å². The fraction of sp³-hybridized carbons (Fsp3) is 0.375. The summed E-state index contributed by atoms with van der Waals surface area (Å²) in [6.45, 7) is 9.09. The average Bonchev–Trinajstić information content (AvgIpc) is 3.29. The van der Waals surface area contributed by atoms with Gasteiger partial charge in [0.15, 0.2) is 5.82 Å². The summed E-state index contributed by atoms with van der Waals surface area (Å²) in [5, 5.41) is 12.8. The molecule has 0 bridgehead atoms. The predicted octanol–water partition coefficient (Wildman–Crippen LogP) is 2.63. The van der Waals surface area contributed by atoms with Crippen LogP contribution in [-0.4, -0.2) is 77.0 Å². The van der Waals surface area contributed by atoms with E-state index in [9.17, 15) is 0 Å². The van der Waals surface area contributed by atoms with E-state index in [-0.39, 0.29) is 6.04 Å². The SMILES string of the molecule is C=CCN1CCN(C(c2ccc(OC)cc2OC)c2nnnn2Cc2ccccc2)CC1. The molecule has 8 nitrogen and oxygen atoms in total. The van der Waals surface area contributed by atoms with Crippen molar-refractivity contribution < 1.29 is 9.47 Å². The van der Waals surface area contributed by atoms with Crippen LogP contribution in [0.3, 0.4) is 0 Å². The lowest BCUT2D eigenvalue weighted by Crippen LogP contribution is -2.48. The largest absolute Gasteiger partial charge is 0.497 e. The van der Waals surface area contributed by atoms with Crippen LogP contribution in [0.25, 0.3) is 0 Å². The molecule has 0 amide bonds. The highest BCUT2D eigenvalue weighted by Crippen LogP contribution is 2.36. The Bertz CT molecular complexity index is 1010. The molecule has 168 valence electrons. The number of aromatic nitrogens is 4. The monoisotopic (exact) mass is 434 g/mol. The van der Waals surface area contributed by atoms with E-state index in [1.807, 2.05) is 41.1 Å². The van der Waals surface area contributed by atoms with Crippen molar-refractivity contribution >= 4 is 0 Å². The summed E-state index contributed by atoms with van der Waals surface area (Å²) < 4.78 is 13.1. The summed E-state index contributed by atoms with van der Waals surface area (Å²) in [7, 11) is 3.34. The zero-order valence-corrected chi connectivity index (χ0v) is 18.7. The molecule has 32 heavy (non-hydrogen) atoms. The summed E-state index contributed by atoms with van der Waals surface area (Å²) >= 11 is 0. The lowest BCUT2D eigenvalue weighted by Gasteiger charge is -2.38. The first kappa shape index (κ1) is 22.0. The van der Waals surface area contributed by atoms with Crippen LogP contribution in [0, 0.1) is 0 Å². The Morgan fingerprint density at radius 2 is 1.81 bits per heavy atom. The molecular formula is C24H30N6O2. The average molecular weight is 435 g/mol. The van der Waals surface area contributed by atoms with Crippen molar-refractivity contribution in [3.05, 3.63) is 78.1 Å². The molecule has 0 spiro atoms. The third kappa shape index (κ3) is 4.81. The van der Waals surface area contributed by atoms with E-state index >= 15 is 0 Å². The quantitative estimate of drug-likeness (QED) is 0.480. The Balaban J connectivity index is 1.71. The van der Waals surface area contributed by atoms with Crippen molar-refractivity contribution in [3.8, 4) is 11.5 Å². The minimum Gasteiger partial charge on any atom is -0.497 e. The Morgan fingerprint density at radius 3 is 2.50 bits per heavy atom. The van der Waals surface area contributed by atoms with Crippen LogP contribution in [-0.2, 0) is 6.54 Å². The second-order valence-corrected chi connectivity index (χ2v) is 7.82. The number of rotatable bonds is 9. The molecule has 1 aliphatic heterocycles. The second kappa shape index (κ2) is 10.4. The highest BCUT2D eigenvalue weighted by Gasteiger charge is 2.32. The van der Waals surface area contributed by atoms with Crippen LogP contribution < -0.4 is 9.47 Å². The molecule has 0 aliphatic carbocycles. The molecule has 1 aromatic heterocycles. The van der Waals surface area contributed by atoms with Gasteiger partial charge in [-0.05, 0) is 28.1 Å². The number of methoxy groups -OCH3 is 2. The number of piperazine rings is 1. The van der Waals surface area contributed by atoms with Gasteiger partial charge < -0.3 is 9.47 Å². The maximum Gasteiger partial charge on any atom is 0.173 e. The van der Waals surface area contributed by atoms with Crippen LogP contribution in [0.15, 0.2) is 61.2 Å². The molecule has 4 rings (SSSR count). The molecule has 3 aromatic rings. The smallest absolute Gasteiger partial charge is 0.173 e. The van der Waals surface area contributed by atoms with Gasteiger partial charge in [-0.1, -0.05) is 36.4 Å². The first-order valence-corrected chi connectivity index (χ1v) is 10.8. The highest BCUT2D eigenvalue weighted by molar-refractivity contribution is 5.44. The van der Waals surface area contributed by atoms with Gasteiger partial charge in [-0.15, -0.1) is 11.7 Å². The summed E-state index contributed by atoms with van der Waals surface area (Å²) in [6.07, 6.45) is 1.96. The molecule has 1 unspecified atom stereocenters. The number of hydrogen-bond donors (Lipinski definition) is 0. The molecule has 2 heterocycles. The van der Waals surface area contributed by atoms with Gasteiger partial charge in [0, 0.05) is 44.4 Å². The molecule has 2 aromatic carbocycles. The standard InChI is InChI=1S/C24H30N6O2/c1-4-12-28-13-15-29(16-14-28)23(21-11-10-20(31-2)17-22(21)32-3)24-25-26-27-30(24)18-19-8-6-5-7-9-19/h4-11,17,23H,1,12-16,18H2,2-3H3. The van der Waals surface area contributed by atoms with Crippen molar-refractivity contribution in [1.82, 2.24) is 30.0 Å². The molecule has 1 atom stereocenters. The fourth-order valence-electron chi connectivity index (χ4n) is 4.21. The number of tetrazole rings is 1. The summed E-state index contributed by atoms with van der Waals surface area (Å²) in [5.41, 5.74) is 2.17. The minimum absolute atomic E-state index is 0.138. The van der Waals surface area contributed by atoms with E-state index in [0.717, 1.165) is 61.2 Å². The maximum atomic E-state index is 5.77. The fourth-order valence-corrected chi connectivity index (χ4v) is 4.21. The van der Waals surface area contributed by atoms with Gasteiger partial charge in [-0.3, -0.25) is 9.80 Å². The number of nitrogens with zero attached hydrogens (tertiary/aromatic N) is 6. The number of hydrogen-bond acceptors (Lipinski definition) is 7. The van der Waals surface area contributed by atoms with Crippen molar-refractivity contribution in [2.75, 3.05) is 46.9 Å². The van der Waals surface area contributed by atoms with Crippen LogP contribution in [0.2, 0.25) is 0 Å². The zero-order chi connectivity index (χ0) is 22.3.